The molecule has 1 amide bonds. The van der Waals surface area contributed by atoms with Crippen molar-refractivity contribution < 1.29 is 18.8 Å². The summed E-state index contributed by atoms with van der Waals surface area (Å²) >= 11 is 0. The summed E-state index contributed by atoms with van der Waals surface area (Å²) in [5.74, 6) is 0. The normalized spacial score (nSPS) is 18.9. The number of amides is 1. The molecule has 0 saturated carbocycles. The molecular weight excluding hydrogens is 353 g/mol. The van der Waals surface area contributed by atoms with Gasteiger partial charge in [0.05, 0.1) is 11.2 Å². The van der Waals surface area contributed by atoms with Gasteiger partial charge < -0.3 is 19.4 Å². The molecule has 2 rings (SSSR count). The highest BCUT2D eigenvalue weighted by atomic mass is 16.7. The number of rotatable bonds is 4. The van der Waals surface area contributed by atoms with Crippen molar-refractivity contribution in [3.8, 4) is 0 Å². The summed E-state index contributed by atoms with van der Waals surface area (Å²) in [5, 5.41) is 2.83. The number of nitrogens with one attached hydrogen (secondary N) is 1. The zero-order valence-electron chi connectivity index (χ0n) is 18.7. The van der Waals surface area contributed by atoms with Crippen molar-refractivity contribution >= 4 is 19.3 Å². The Bertz CT molecular complexity index is 746. The lowest BCUT2D eigenvalue weighted by Gasteiger charge is -2.32. The van der Waals surface area contributed by atoms with E-state index in [0.29, 0.717) is 0 Å². The van der Waals surface area contributed by atoms with E-state index in [-0.39, 0.29) is 6.54 Å². The first kappa shape index (κ1) is 22.5. The third-order valence-corrected chi connectivity index (χ3v) is 5.16. The molecule has 1 fully saturated rings. The van der Waals surface area contributed by atoms with Gasteiger partial charge in [-0.1, -0.05) is 29.8 Å². The van der Waals surface area contributed by atoms with Gasteiger partial charge in [-0.15, -0.1) is 0 Å². The lowest BCUT2D eigenvalue weighted by Crippen LogP contribution is -2.41. The van der Waals surface area contributed by atoms with Crippen molar-refractivity contribution in [2.45, 2.75) is 79.1 Å². The average molecular weight is 387 g/mol. The molecule has 5 nitrogen and oxygen atoms in total. The highest BCUT2D eigenvalue weighted by Gasteiger charge is 2.52. The van der Waals surface area contributed by atoms with Crippen molar-refractivity contribution in [3.63, 3.8) is 0 Å². The van der Waals surface area contributed by atoms with Crippen molar-refractivity contribution in [2.24, 2.45) is 0 Å². The monoisotopic (exact) mass is 387 g/mol. The van der Waals surface area contributed by atoms with E-state index >= 15 is 0 Å². The minimum Gasteiger partial charge on any atom is -0.444 e. The fraction of sp³-hybridized carbons (Fsp3) is 0.591. The smallest absolute Gasteiger partial charge is 0.444 e. The summed E-state index contributed by atoms with van der Waals surface area (Å²) < 4.78 is 17.8. The summed E-state index contributed by atoms with van der Waals surface area (Å²) in [4.78, 5) is 12.2. The van der Waals surface area contributed by atoms with E-state index in [0.717, 1.165) is 16.6 Å². The Balaban J connectivity index is 2.28. The van der Waals surface area contributed by atoms with Crippen LogP contribution in [-0.2, 0) is 14.0 Å². The molecule has 0 aliphatic carbocycles. The third kappa shape index (κ3) is 5.61. The molecule has 0 unspecified atom stereocenters. The number of ether oxygens (including phenoxy) is 1. The van der Waals surface area contributed by atoms with Crippen LogP contribution >= 0.6 is 0 Å². The van der Waals surface area contributed by atoms with E-state index in [9.17, 15) is 4.79 Å². The molecule has 28 heavy (non-hydrogen) atoms. The Labute approximate surface area is 170 Å². The molecule has 0 atom stereocenters. The number of alkyl carbamates (subject to hydrolysis) is 1. The zero-order chi connectivity index (χ0) is 21.3. The molecule has 0 aromatic heterocycles. The molecule has 1 aromatic rings. The van der Waals surface area contributed by atoms with Gasteiger partial charge >= 0.3 is 13.2 Å². The van der Waals surface area contributed by atoms with Crippen molar-refractivity contribution in [1.29, 1.82) is 0 Å². The van der Waals surface area contributed by atoms with Gasteiger partial charge in [-0.3, -0.25) is 0 Å². The topological polar surface area (TPSA) is 56.8 Å². The molecule has 1 heterocycles. The largest absolute Gasteiger partial charge is 0.492 e. The van der Waals surface area contributed by atoms with E-state index in [4.69, 9.17) is 14.0 Å². The summed E-state index contributed by atoms with van der Waals surface area (Å²) in [7, 11) is -0.541. The van der Waals surface area contributed by atoms with Crippen LogP contribution in [0, 0.1) is 13.8 Å². The molecule has 1 aromatic carbocycles. The first-order valence-corrected chi connectivity index (χ1v) is 9.80. The number of benzene rings is 1. The van der Waals surface area contributed by atoms with E-state index in [1.165, 1.54) is 5.56 Å². The molecule has 0 bridgehead atoms. The SMILES string of the molecule is Cc1ccc(C=C(CNC(=O)OC(C)(C)C)B2OC(C)(C)C(C)(C)O2)c(C)c1. The van der Waals surface area contributed by atoms with Gasteiger partial charge in [0.25, 0.3) is 0 Å². The van der Waals surface area contributed by atoms with Crippen LogP contribution in [0.3, 0.4) is 0 Å². The highest BCUT2D eigenvalue weighted by Crippen LogP contribution is 2.38. The van der Waals surface area contributed by atoms with Crippen LogP contribution in [0.5, 0.6) is 0 Å². The first-order valence-electron chi connectivity index (χ1n) is 9.80. The average Bonchev–Trinajstić information content (AvgIpc) is 2.71. The zero-order valence-corrected chi connectivity index (χ0v) is 18.7. The molecule has 6 heteroatoms. The van der Waals surface area contributed by atoms with Gasteiger partial charge in [-0.2, -0.15) is 0 Å². The fourth-order valence-electron chi connectivity index (χ4n) is 2.87. The minimum atomic E-state index is -0.550. The number of hydrogen-bond acceptors (Lipinski definition) is 4. The van der Waals surface area contributed by atoms with Crippen LogP contribution in [-0.4, -0.2) is 36.6 Å². The number of aryl methyl sites for hydroxylation is 2. The summed E-state index contributed by atoms with van der Waals surface area (Å²) in [6.45, 7) is 18.0. The van der Waals surface area contributed by atoms with Crippen LogP contribution in [0.15, 0.2) is 23.7 Å². The third-order valence-electron chi connectivity index (χ3n) is 5.16. The van der Waals surface area contributed by atoms with Crippen molar-refractivity contribution in [1.82, 2.24) is 5.32 Å². The maximum Gasteiger partial charge on any atom is 0.492 e. The molecule has 1 aliphatic heterocycles. The number of carbonyl (C=O) groups is 1. The maximum atomic E-state index is 12.2. The minimum absolute atomic E-state index is 0.277. The number of carbonyl (C=O) groups excluding carboxylic acids is 1. The molecule has 1 saturated heterocycles. The number of hydrogen-bond donors (Lipinski definition) is 1. The second-order valence-electron chi connectivity index (χ2n) is 9.52. The van der Waals surface area contributed by atoms with Crippen molar-refractivity contribution in [3.05, 3.63) is 40.4 Å². The molecule has 0 spiro atoms. The lowest BCUT2D eigenvalue weighted by atomic mass is 9.76. The van der Waals surface area contributed by atoms with E-state index < -0.39 is 30.0 Å². The quantitative estimate of drug-likeness (QED) is 0.751. The van der Waals surface area contributed by atoms with Gasteiger partial charge in [0.2, 0.25) is 0 Å². The van der Waals surface area contributed by atoms with Crippen LogP contribution in [0.4, 0.5) is 4.79 Å². The van der Waals surface area contributed by atoms with Gasteiger partial charge in [-0.25, -0.2) is 4.79 Å². The summed E-state index contributed by atoms with van der Waals surface area (Å²) in [6.07, 6.45) is 1.57. The van der Waals surface area contributed by atoms with Gasteiger partial charge in [-0.05, 0) is 78.9 Å². The van der Waals surface area contributed by atoms with E-state index in [2.05, 4.69) is 37.4 Å². The van der Waals surface area contributed by atoms with E-state index in [1.807, 2.05) is 54.5 Å². The Morgan fingerprint density at radius 1 is 1.14 bits per heavy atom. The molecule has 1 aliphatic rings. The van der Waals surface area contributed by atoms with Crippen LogP contribution in [0.1, 0.15) is 65.2 Å². The maximum absolute atomic E-state index is 12.2. The Morgan fingerprint density at radius 3 is 2.21 bits per heavy atom. The molecular formula is C22H34BNO4. The molecule has 154 valence electrons. The van der Waals surface area contributed by atoms with Crippen LogP contribution in [0.2, 0.25) is 0 Å². The van der Waals surface area contributed by atoms with Crippen LogP contribution < -0.4 is 5.32 Å². The van der Waals surface area contributed by atoms with Gasteiger partial charge in [0, 0.05) is 6.54 Å². The van der Waals surface area contributed by atoms with Crippen molar-refractivity contribution in [2.75, 3.05) is 6.54 Å². The second-order valence-corrected chi connectivity index (χ2v) is 9.52. The fourth-order valence-corrected chi connectivity index (χ4v) is 2.87. The highest BCUT2D eigenvalue weighted by molar-refractivity contribution is 6.56. The Hall–Kier alpha value is -1.79. The molecule has 1 N–H and O–H groups in total. The summed E-state index contributed by atoms with van der Waals surface area (Å²) in [6, 6.07) is 6.28. The standard InChI is InChI=1S/C22H34BNO4/c1-15-10-11-17(16(2)12-15)13-18(14-24-19(25)26-20(3,4)5)23-27-21(6,7)22(8,9)28-23/h10-13H,14H2,1-9H3,(H,24,25). The first-order chi connectivity index (χ1) is 12.7. The second kappa shape index (κ2) is 7.92. The Kier molecular flexibility index (Phi) is 6.36. The summed E-state index contributed by atoms with van der Waals surface area (Å²) in [5.41, 5.74) is 2.82. The molecule has 0 radical (unpaired) electrons. The van der Waals surface area contributed by atoms with E-state index in [1.54, 1.807) is 0 Å². The van der Waals surface area contributed by atoms with Gasteiger partial charge in [0.1, 0.15) is 5.60 Å². The van der Waals surface area contributed by atoms with Gasteiger partial charge in [0.15, 0.2) is 0 Å². The predicted octanol–water partition coefficient (Wildman–Crippen LogP) is 4.84. The van der Waals surface area contributed by atoms with Crippen LogP contribution in [0.25, 0.3) is 6.08 Å². The lowest BCUT2D eigenvalue weighted by molar-refractivity contribution is 0.00578. The predicted molar refractivity (Wildman–Crippen MR) is 114 cm³/mol. The Morgan fingerprint density at radius 2 is 1.71 bits per heavy atom.